The number of hydrogen-bond donors (Lipinski definition) is 1. The number of anilines is 1. The molecule has 0 fully saturated rings. The van der Waals surface area contributed by atoms with Crippen LogP contribution in [0.15, 0.2) is 47.5 Å². The molecule has 5 nitrogen and oxygen atoms in total. The van der Waals surface area contributed by atoms with E-state index in [0.717, 1.165) is 6.26 Å². The summed E-state index contributed by atoms with van der Waals surface area (Å²) < 4.78 is 22.9. The predicted molar refractivity (Wildman–Crippen MR) is 76.8 cm³/mol. The van der Waals surface area contributed by atoms with Gasteiger partial charge in [-0.05, 0) is 30.3 Å². The summed E-state index contributed by atoms with van der Waals surface area (Å²) in [6, 6.07) is 8.99. The number of sulfone groups is 1. The van der Waals surface area contributed by atoms with E-state index in [1.807, 2.05) is 0 Å². The molecule has 0 radical (unpaired) electrons. The van der Waals surface area contributed by atoms with Crippen LogP contribution in [0.1, 0.15) is 10.4 Å². The van der Waals surface area contributed by atoms with Crippen LogP contribution in [0.25, 0.3) is 0 Å². The van der Waals surface area contributed by atoms with Crippen molar-refractivity contribution in [3.63, 3.8) is 0 Å². The average Bonchev–Trinajstić information content (AvgIpc) is 2.40. The molecule has 0 saturated carbocycles. The minimum Gasteiger partial charge on any atom is -0.305 e. The van der Waals surface area contributed by atoms with Gasteiger partial charge in [-0.15, -0.1) is 0 Å². The zero-order valence-electron chi connectivity index (χ0n) is 10.5. The van der Waals surface area contributed by atoms with Crippen molar-refractivity contribution in [2.24, 2.45) is 0 Å². The Morgan fingerprint density at radius 3 is 2.65 bits per heavy atom. The third-order valence-electron chi connectivity index (χ3n) is 2.51. The number of hydrogen-bond acceptors (Lipinski definition) is 4. The summed E-state index contributed by atoms with van der Waals surface area (Å²) in [5.74, 6) is -0.250. The van der Waals surface area contributed by atoms with Crippen LogP contribution in [-0.4, -0.2) is 25.6 Å². The van der Waals surface area contributed by atoms with Crippen LogP contribution in [0.4, 0.5) is 5.82 Å². The first-order chi connectivity index (χ1) is 9.38. The molecule has 20 heavy (non-hydrogen) atoms. The Labute approximate surface area is 121 Å². The molecule has 0 atom stereocenters. The molecule has 7 heteroatoms. The molecule has 0 spiro atoms. The highest BCUT2D eigenvalue weighted by atomic mass is 35.5. The van der Waals surface area contributed by atoms with Gasteiger partial charge in [0.25, 0.3) is 5.91 Å². The van der Waals surface area contributed by atoms with E-state index in [4.69, 9.17) is 11.6 Å². The molecule has 104 valence electrons. The number of nitrogens with one attached hydrogen (secondary N) is 1. The number of carbonyl (C=O) groups excluding carboxylic acids is 1. The topological polar surface area (TPSA) is 76.1 Å². The maximum Gasteiger partial charge on any atom is 0.256 e. The van der Waals surface area contributed by atoms with Gasteiger partial charge >= 0.3 is 0 Å². The van der Waals surface area contributed by atoms with Crippen LogP contribution in [0.3, 0.4) is 0 Å². The van der Waals surface area contributed by atoms with Crippen LogP contribution in [0, 0.1) is 0 Å². The fourth-order valence-electron chi connectivity index (χ4n) is 1.53. The summed E-state index contributed by atoms with van der Waals surface area (Å²) in [5, 5.41) is 2.83. The molecule has 1 aromatic heterocycles. The van der Waals surface area contributed by atoms with Crippen LogP contribution in [0.2, 0.25) is 5.02 Å². The van der Waals surface area contributed by atoms with Crippen LogP contribution < -0.4 is 5.32 Å². The monoisotopic (exact) mass is 310 g/mol. The van der Waals surface area contributed by atoms with E-state index in [-0.39, 0.29) is 16.3 Å². The van der Waals surface area contributed by atoms with Gasteiger partial charge in [0, 0.05) is 18.0 Å². The van der Waals surface area contributed by atoms with Crippen molar-refractivity contribution in [1.82, 2.24) is 4.98 Å². The van der Waals surface area contributed by atoms with Crippen molar-refractivity contribution in [3.8, 4) is 0 Å². The predicted octanol–water partition coefficient (Wildman–Crippen LogP) is 2.39. The molecule has 2 aromatic rings. The molecular weight excluding hydrogens is 300 g/mol. The number of rotatable bonds is 3. The van der Waals surface area contributed by atoms with Crippen molar-refractivity contribution in [2.45, 2.75) is 4.90 Å². The van der Waals surface area contributed by atoms with E-state index in [2.05, 4.69) is 10.3 Å². The first kappa shape index (κ1) is 14.5. The second-order valence-electron chi connectivity index (χ2n) is 4.09. The van der Waals surface area contributed by atoms with Gasteiger partial charge < -0.3 is 5.32 Å². The molecule has 1 amide bonds. The second kappa shape index (κ2) is 5.60. The summed E-state index contributed by atoms with van der Waals surface area (Å²) in [4.78, 5) is 16.1. The van der Waals surface area contributed by atoms with E-state index < -0.39 is 15.7 Å². The van der Waals surface area contributed by atoms with Crippen LogP contribution in [-0.2, 0) is 9.84 Å². The lowest BCUT2D eigenvalue weighted by molar-refractivity contribution is 0.102. The van der Waals surface area contributed by atoms with Crippen LogP contribution in [0.5, 0.6) is 0 Å². The first-order valence-electron chi connectivity index (χ1n) is 5.60. The summed E-state index contributed by atoms with van der Waals surface area (Å²) in [5.41, 5.74) is 0.217. The highest BCUT2D eigenvalue weighted by Crippen LogP contribution is 2.19. The lowest BCUT2D eigenvalue weighted by Crippen LogP contribution is -2.14. The fraction of sp³-hybridized carbons (Fsp3) is 0.0769. The number of halogens is 1. The smallest absolute Gasteiger partial charge is 0.256 e. The number of pyridine rings is 1. The Bertz CT molecular complexity index is 760. The number of amides is 1. The maximum absolute atomic E-state index is 12.0. The SMILES string of the molecule is CS(=O)(=O)c1cccc(C(=O)Nc2ncccc2Cl)c1. The Balaban J connectivity index is 2.29. The number of benzene rings is 1. The van der Waals surface area contributed by atoms with Gasteiger partial charge in [-0.2, -0.15) is 0 Å². The summed E-state index contributed by atoms with van der Waals surface area (Å²) in [7, 11) is -3.36. The maximum atomic E-state index is 12.0. The quantitative estimate of drug-likeness (QED) is 0.944. The van der Waals surface area contributed by atoms with Crippen LogP contribution >= 0.6 is 11.6 Å². The van der Waals surface area contributed by atoms with Gasteiger partial charge in [0.1, 0.15) is 0 Å². The Hall–Kier alpha value is -1.92. The van der Waals surface area contributed by atoms with Crippen molar-refractivity contribution in [3.05, 3.63) is 53.2 Å². The molecule has 0 aliphatic carbocycles. The molecule has 1 N–H and O–H groups in total. The summed E-state index contributed by atoms with van der Waals surface area (Å²) in [6.45, 7) is 0. The van der Waals surface area contributed by atoms with E-state index in [1.54, 1.807) is 12.1 Å². The van der Waals surface area contributed by atoms with Gasteiger partial charge in [-0.3, -0.25) is 4.79 Å². The number of nitrogens with zero attached hydrogens (tertiary/aromatic N) is 1. The van der Waals surface area contributed by atoms with Crippen molar-refractivity contribution in [1.29, 1.82) is 0 Å². The molecular formula is C13H11ClN2O3S. The number of aromatic nitrogens is 1. The Morgan fingerprint density at radius 1 is 1.25 bits per heavy atom. The van der Waals surface area contributed by atoms with Gasteiger partial charge in [-0.25, -0.2) is 13.4 Å². The zero-order valence-corrected chi connectivity index (χ0v) is 12.1. The average molecular weight is 311 g/mol. The Kier molecular flexibility index (Phi) is 4.06. The summed E-state index contributed by atoms with van der Waals surface area (Å²) >= 11 is 5.89. The molecule has 1 aromatic carbocycles. The first-order valence-corrected chi connectivity index (χ1v) is 7.87. The van der Waals surface area contributed by atoms with E-state index in [9.17, 15) is 13.2 Å². The lowest BCUT2D eigenvalue weighted by Gasteiger charge is -2.06. The van der Waals surface area contributed by atoms with E-state index in [0.29, 0.717) is 5.02 Å². The van der Waals surface area contributed by atoms with E-state index in [1.165, 1.54) is 30.5 Å². The third-order valence-corrected chi connectivity index (χ3v) is 3.93. The highest BCUT2D eigenvalue weighted by molar-refractivity contribution is 7.90. The second-order valence-corrected chi connectivity index (χ2v) is 6.51. The molecule has 0 saturated heterocycles. The molecule has 0 aliphatic rings. The Morgan fingerprint density at radius 2 is 2.00 bits per heavy atom. The summed E-state index contributed by atoms with van der Waals surface area (Å²) in [6.07, 6.45) is 2.58. The lowest BCUT2D eigenvalue weighted by atomic mass is 10.2. The van der Waals surface area contributed by atoms with Crippen molar-refractivity contribution >= 4 is 33.2 Å². The minimum absolute atomic E-state index is 0.0808. The molecule has 0 unspecified atom stereocenters. The van der Waals surface area contributed by atoms with Gasteiger partial charge in [-0.1, -0.05) is 17.7 Å². The normalized spacial score (nSPS) is 11.1. The molecule has 0 bridgehead atoms. The standard InChI is InChI=1S/C13H11ClN2O3S/c1-20(18,19)10-5-2-4-9(8-10)13(17)16-12-11(14)6-3-7-15-12/h2-8H,1H3,(H,15,16,17). The van der Waals surface area contributed by atoms with Gasteiger partial charge in [0.05, 0.1) is 9.92 Å². The fourth-order valence-corrected chi connectivity index (χ4v) is 2.36. The minimum atomic E-state index is -3.36. The van der Waals surface area contributed by atoms with E-state index >= 15 is 0 Å². The third kappa shape index (κ3) is 3.34. The van der Waals surface area contributed by atoms with Gasteiger partial charge in [0.2, 0.25) is 0 Å². The highest BCUT2D eigenvalue weighted by Gasteiger charge is 2.13. The van der Waals surface area contributed by atoms with Gasteiger partial charge in [0.15, 0.2) is 15.7 Å². The molecule has 1 heterocycles. The van der Waals surface area contributed by atoms with Crippen molar-refractivity contribution in [2.75, 3.05) is 11.6 Å². The molecule has 0 aliphatic heterocycles. The molecule has 2 rings (SSSR count). The largest absolute Gasteiger partial charge is 0.305 e. The van der Waals surface area contributed by atoms with Crippen molar-refractivity contribution < 1.29 is 13.2 Å². The zero-order chi connectivity index (χ0) is 14.8. The number of carbonyl (C=O) groups is 1.